The summed E-state index contributed by atoms with van der Waals surface area (Å²) in [6.45, 7) is 0. The van der Waals surface area contributed by atoms with Gasteiger partial charge in [-0.1, -0.05) is 35.5 Å². The number of alkyl halides is 3. The number of ether oxygens (including phenoxy) is 1. The molecule has 0 aliphatic heterocycles. The molecule has 2 aromatic carbocycles. The van der Waals surface area contributed by atoms with Crippen LogP contribution in [0.1, 0.15) is 11.3 Å². The normalized spacial score (nSPS) is 12.4. The summed E-state index contributed by atoms with van der Waals surface area (Å²) in [7, 11) is 1.33. The fourth-order valence-electron chi connectivity index (χ4n) is 2.55. The molecule has 0 fully saturated rings. The first kappa shape index (κ1) is 17.5. The van der Waals surface area contributed by atoms with E-state index in [0.717, 1.165) is 12.3 Å². The first-order chi connectivity index (χ1) is 12.3. The molecule has 0 unspecified atom stereocenters. The van der Waals surface area contributed by atoms with Gasteiger partial charge in [0.05, 0.1) is 13.4 Å². The van der Waals surface area contributed by atoms with Crippen LogP contribution in [0.15, 0.2) is 53.2 Å². The number of aliphatic carboxylic acids is 1. The summed E-state index contributed by atoms with van der Waals surface area (Å²) in [5, 5.41) is 13.7. The number of carboxylic acid groups (broad SMARTS) is 1. The highest BCUT2D eigenvalue weighted by Crippen LogP contribution is 2.34. The molecule has 0 saturated heterocycles. The summed E-state index contributed by atoms with van der Waals surface area (Å²) in [6.07, 6.45) is -3.51. The Kier molecular flexibility index (Phi) is 4.41. The van der Waals surface area contributed by atoms with Gasteiger partial charge in [0.25, 0.3) is 0 Å². The van der Waals surface area contributed by atoms with E-state index in [1.807, 2.05) is 0 Å². The summed E-state index contributed by atoms with van der Waals surface area (Å²) in [5.74, 6) is -1.26. The van der Waals surface area contributed by atoms with E-state index in [1.54, 1.807) is 36.4 Å². The van der Waals surface area contributed by atoms with Crippen molar-refractivity contribution in [3.05, 3.63) is 60.0 Å². The lowest BCUT2D eigenvalue weighted by Gasteiger charge is -2.08. The van der Waals surface area contributed by atoms with Gasteiger partial charge in [0.1, 0.15) is 5.57 Å². The zero-order valence-electron chi connectivity index (χ0n) is 13.4. The number of methoxy groups -OCH3 is 1. The number of aromatic nitrogens is 1. The van der Waals surface area contributed by atoms with Crippen LogP contribution < -0.4 is 0 Å². The highest BCUT2D eigenvalue weighted by molar-refractivity contribution is 6.19. The number of hydrogen-bond acceptors (Lipinski definition) is 4. The molecular weight excluding hydrogens is 351 g/mol. The molecule has 134 valence electrons. The standard InChI is InChI=1S/C18H12F3NO4/c1-25-9-14(17(23)24)12-4-2-3-10-5-6-11(7-13(10)12)15-8-16(22-26-15)18(19,20)21/h2-9H,1H3,(H,23,24)/b14-9-. The van der Waals surface area contributed by atoms with Gasteiger partial charge in [-0.05, 0) is 22.4 Å². The Morgan fingerprint density at radius 3 is 2.62 bits per heavy atom. The van der Waals surface area contributed by atoms with E-state index in [0.29, 0.717) is 21.9 Å². The minimum Gasteiger partial charge on any atom is -0.503 e. The van der Waals surface area contributed by atoms with Crippen LogP contribution >= 0.6 is 0 Å². The highest BCUT2D eigenvalue weighted by atomic mass is 19.4. The second-order valence-corrected chi connectivity index (χ2v) is 5.39. The van der Waals surface area contributed by atoms with Gasteiger partial charge in [0.15, 0.2) is 11.5 Å². The Bertz CT molecular complexity index is 1010. The SMILES string of the molecule is CO/C=C(\C(=O)O)c1cccc2ccc(-c3cc(C(F)(F)F)no3)cc12. The maximum absolute atomic E-state index is 12.7. The number of halogens is 3. The van der Waals surface area contributed by atoms with E-state index >= 15 is 0 Å². The van der Waals surface area contributed by atoms with E-state index in [-0.39, 0.29) is 11.3 Å². The fourth-order valence-corrected chi connectivity index (χ4v) is 2.55. The van der Waals surface area contributed by atoms with E-state index in [9.17, 15) is 23.1 Å². The van der Waals surface area contributed by atoms with Crippen molar-refractivity contribution < 1.29 is 32.3 Å². The first-order valence-electron chi connectivity index (χ1n) is 7.35. The molecule has 0 radical (unpaired) electrons. The van der Waals surface area contributed by atoms with Gasteiger partial charge in [0, 0.05) is 11.6 Å². The van der Waals surface area contributed by atoms with Crippen molar-refractivity contribution in [3.8, 4) is 11.3 Å². The van der Waals surface area contributed by atoms with Crippen molar-refractivity contribution in [3.63, 3.8) is 0 Å². The number of nitrogens with zero attached hydrogens (tertiary/aromatic N) is 1. The van der Waals surface area contributed by atoms with Crippen molar-refractivity contribution in [2.75, 3.05) is 7.11 Å². The molecule has 0 saturated carbocycles. The number of hydrogen-bond donors (Lipinski definition) is 1. The third kappa shape index (κ3) is 3.26. The molecule has 8 heteroatoms. The molecule has 0 atom stereocenters. The van der Waals surface area contributed by atoms with Gasteiger partial charge in [-0.25, -0.2) is 4.79 Å². The Morgan fingerprint density at radius 2 is 2.00 bits per heavy atom. The highest BCUT2D eigenvalue weighted by Gasteiger charge is 2.35. The topological polar surface area (TPSA) is 72.6 Å². The van der Waals surface area contributed by atoms with Gasteiger partial charge in [-0.3, -0.25) is 0 Å². The lowest BCUT2D eigenvalue weighted by Crippen LogP contribution is -2.04. The molecule has 26 heavy (non-hydrogen) atoms. The average molecular weight is 363 g/mol. The van der Waals surface area contributed by atoms with Gasteiger partial charge < -0.3 is 14.4 Å². The minimum absolute atomic E-state index is 0.0679. The number of rotatable bonds is 4. The van der Waals surface area contributed by atoms with Crippen LogP contribution in [0.25, 0.3) is 27.7 Å². The fraction of sp³-hybridized carbons (Fsp3) is 0.111. The van der Waals surface area contributed by atoms with E-state index in [1.165, 1.54) is 7.11 Å². The lowest BCUT2D eigenvalue weighted by molar-refractivity contribution is -0.142. The summed E-state index contributed by atoms with van der Waals surface area (Å²) < 4.78 is 47.7. The summed E-state index contributed by atoms with van der Waals surface area (Å²) >= 11 is 0. The first-order valence-corrected chi connectivity index (χ1v) is 7.35. The van der Waals surface area contributed by atoms with E-state index < -0.39 is 17.8 Å². The molecule has 3 rings (SSSR count). The zero-order chi connectivity index (χ0) is 18.9. The van der Waals surface area contributed by atoms with Gasteiger partial charge in [-0.15, -0.1) is 0 Å². The monoisotopic (exact) mass is 363 g/mol. The van der Waals surface area contributed by atoms with Crippen LogP contribution in [0.2, 0.25) is 0 Å². The molecule has 0 aliphatic rings. The molecule has 5 nitrogen and oxygen atoms in total. The Hall–Kier alpha value is -3.29. The van der Waals surface area contributed by atoms with Crippen LogP contribution in [-0.4, -0.2) is 23.3 Å². The third-order valence-corrected chi connectivity index (χ3v) is 3.72. The van der Waals surface area contributed by atoms with Crippen LogP contribution in [0.4, 0.5) is 13.2 Å². The van der Waals surface area contributed by atoms with Crippen molar-refractivity contribution >= 4 is 22.3 Å². The van der Waals surface area contributed by atoms with Gasteiger partial charge in [-0.2, -0.15) is 13.2 Å². The van der Waals surface area contributed by atoms with Crippen molar-refractivity contribution in [1.29, 1.82) is 0 Å². The second-order valence-electron chi connectivity index (χ2n) is 5.39. The Morgan fingerprint density at radius 1 is 1.23 bits per heavy atom. The molecule has 0 spiro atoms. The smallest absolute Gasteiger partial charge is 0.436 e. The molecule has 0 amide bonds. The summed E-state index contributed by atoms with van der Waals surface area (Å²) in [6, 6.07) is 10.6. The van der Waals surface area contributed by atoms with Crippen LogP contribution in [0, 0.1) is 0 Å². The van der Waals surface area contributed by atoms with Gasteiger partial charge in [0.2, 0.25) is 0 Å². The summed E-state index contributed by atoms with van der Waals surface area (Å²) in [5.41, 5.74) is -0.500. The molecule has 3 aromatic rings. The zero-order valence-corrected chi connectivity index (χ0v) is 13.4. The maximum Gasteiger partial charge on any atom is 0.436 e. The van der Waals surface area contributed by atoms with Crippen molar-refractivity contribution in [2.24, 2.45) is 0 Å². The number of benzene rings is 2. The predicted molar refractivity (Wildman–Crippen MR) is 87.1 cm³/mol. The molecule has 0 bridgehead atoms. The maximum atomic E-state index is 12.7. The molecule has 1 aromatic heterocycles. The van der Waals surface area contributed by atoms with Crippen molar-refractivity contribution in [1.82, 2.24) is 5.16 Å². The van der Waals surface area contributed by atoms with Crippen molar-refractivity contribution in [2.45, 2.75) is 6.18 Å². The Labute approximate surface area is 145 Å². The quantitative estimate of drug-likeness (QED) is 0.542. The number of fused-ring (bicyclic) bond motifs is 1. The number of carbonyl (C=O) groups is 1. The number of carboxylic acids is 1. The lowest BCUT2D eigenvalue weighted by atomic mass is 9.96. The second kappa shape index (κ2) is 6.55. The molecule has 1 heterocycles. The Balaban J connectivity index is 2.16. The van der Waals surface area contributed by atoms with E-state index in [4.69, 9.17) is 9.26 Å². The minimum atomic E-state index is -4.61. The largest absolute Gasteiger partial charge is 0.503 e. The van der Waals surface area contributed by atoms with Crippen LogP contribution in [0.5, 0.6) is 0 Å². The molecular formula is C18H12F3NO4. The van der Waals surface area contributed by atoms with E-state index in [2.05, 4.69) is 5.16 Å². The third-order valence-electron chi connectivity index (χ3n) is 3.72. The van der Waals surface area contributed by atoms with Crippen LogP contribution in [0.3, 0.4) is 0 Å². The van der Waals surface area contributed by atoms with Gasteiger partial charge >= 0.3 is 12.1 Å². The predicted octanol–water partition coefficient (Wildman–Crippen LogP) is 4.59. The van der Waals surface area contributed by atoms with Crippen LogP contribution in [-0.2, 0) is 15.7 Å². The summed E-state index contributed by atoms with van der Waals surface area (Å²) in [4.78, 5) is 11.5. The molecule has 1 N–H and O–H groups in total. The average Bonchev–Trinajstić information content (AvgIpc) is 3.09. The molecule has 0 aliphatic carbocycles.